The Bertz CT molecular complexity index is 831. The van der Waals surface area contributed by atoms with Gasteiger partial charge in [-0.25, -0.2) is 4.79 Å². The van der Waals surface area contributed by atoms with E-state index in [1.807, 2.05) is 0 Å². The summed E-state index contributed by atoms with van der Waals surface area (Å²) < 4.78 is 6.32. The molecule has 7 heteroatoms. The number of thiophene rings is 1. The molecule has 0 saturated carbocycles. The molecule has 112 valence electrons. The quantitative estimate of drug-likeness (QED) is 0.681. The SMILES string of the molecule is COC(=O)C(C)n1c(=S)[nH]c2sc3c(c2c1=O)CCCC3. The zero-order valence-electron chi connectivity index (χ0n) is 11.9. The molecule has 2 aromatic heterocycles. The lowest BCUT2D eigenvalue weighted by Gasteiger charge is -2.14. The van der Waals surface area contributed by atoms with Crippen LogP contribution in [0.25, 0.3) is 10.2 Å². The molecule has 1 unspecified atom stereocenters. The molecule has 1 N–H and O–H groups in total. The van der Waals surface area contributed by atoms with Gasteiger partial charge in [0.1, 0.15) is 10.9 Å². The van der Waals surface area contributed by atoms with Gasteiger partial charge in [0.05, 0.1) is 12.5 Å². The van der Waals surface area contributed by atoms with E-state index < -0.39 is 12.0 Å². The number of aryl methyl sites for hydroxylation is 2. The number of carbonyl (C=O) groups is 1. The molecule has 1 atom stereocenters. The van der Waals surface area contributed by atoms with Crippen LogP contribution in [0.5, 0.6) is 0 Å². The maximum Gasteiger partial charge on any atom is 0.328 e. The van der Waals surface area contributed by atoms with Gasteiger partial charge in [0.2, 0.25) is 0 Å². The normalized spacial score (nSPS) is 15.7. The summed E-state index contributed by atoms with van der Waals surface area (Å²) in [5.41, 5.74) is 0.939. The van der Waals surface area contributed by atoms with E-state index in [4.69, 9.17) is 17.0 Å². The summed E-state index contributed by atoms with van der Waals surface area (Å²) in [6, 6.07) is -0.727. The lowest BCUT2D eigenvalue weighted by Crippen LogP contribution is -2.30. The molecule has 0 aliphatic heterocycles. The van der Waals surface area contributed by atoms with Gasteiger partial charge in [-0.1, -0.05) is 0 Å². The van der Waals surface area contributed by atoms with Crippen LogP contribution in [0, 0.1) is 4.77 Å². The summed E-state index contributed by atoms with van der Waals surface area (Å²) in [7, 11) is 1.31. The monoisotopic (exact) mass is 324 g/mol. The Kier molecular flexibility index (Phi) is 3.71. The van der Waals surface area contributed by atoms with Gasteiger partial charge in [-0.05, 0) is 50.4 Å². The first-order valence-electron chi connectivity index (χ1n) is 6.91. The van der Waals surface area contributed by atoms with E-state index in [9.17, 15) is 9.59 Å². The number of aromatic amines is 1. The van der Waals surface area contributed by atoms with Crippen molar-refractivity contribution in [3.05, 3.63) is 25.6 Å². The van der Waals surface area contributed by atoms with E-state index in [0.29, 0.717) is 5.39 Å². The third kappa shape index (κ3) is 2.24. The molecule has 0 saturated heterocycles. The number of fused-ring (bicyclic) bond motifs is 3. The molecule has 1 aliphatic carbocycles. The van der Waals surface area contributed by atoms with Crippen LogP contribution in [0.4, 0.5) is 0 Å². The van der Waals surface area contributed by atoms with Gasteiger partial charge in [0.25, 0.3) is 5.56 Å². The molecule has 2 heterocycles. The van der Waals surface area contributed by atoms with Crippen LogP contribution in [0.1, 0.15) is 36.2 Å². The van der Waals surface area contributed by atoms with Crippen molar-refractivity contribution in [1.82, 2.24) is 9.55 Å². The molecule has 0 bridgehead atoms. The van der Waals surface area contributed by atoms with Crippen LogP contribution in [-0.2, 0) is 22.4 Å². The van der Waals surface area contributed by atoms with Crippen molar-refractivity contribution in [2.24, 2.45) is 0 Å². The Hall–Kier alpha value is -1.47. The molecular formula is C14H16N2O3S2. The fraction of sp³-hybridized carbons (Fsp3) is 0.500. The second-order valence-electron chi connectivity index (χ2n) is 5.22. The first kappa shape index (κ1) is 14.5. The molecule has 5 nitrogen and oxygen atoms in total. The number of methoxy groups -OCH3 is 1. The van der Waals surface area contributed by atoms with Gasteiger partial charge >= 0.3 is 5.97 Å². The minimum absolute atomic E-state index is 0.189. The van der Waals surface area contributed by atoms with E-state index in [0.717, 1.165) is 36.1 Å². The Balaban J connectivity index is 2.30. The number of nitrogens with one attached hydrogen (secondary N) is 1. The van der Waals surface area contributed by atoms with Crippen LogP contribution in [0.2, 0.25) is 0 Å². The van der Waals surface area contributed by atoms with Crippen LogP contribution >= 0.6 is 23.6 Å². The molecule has 0 fully saturated rings. The summed E-state index contributed by atoms with van der Waals surface area (Å²) in [6.07, 6.45) is 4.19. The fourth-order valence-corrected chi connectivity index (χ4v) is 4.57. The fourth-order valence-electron chi connectivity index (χ4n) is 2.88. The summed E-state index contributed by atoms with van der Waals surface area (Å²) in [5, 5.41) is 0.694. The Labute approximate surface area is 130 Å². The van der Waals surface area contributed by atoms with E-state index in [1.54, 1.807) is 18.3 Å². The molecule has 0 amide bonds. The third-order valence-electron chi connectivity index (χ3n) is 3.97. The summed E-state index contributed by atoms with van der Waals surface area (Å²) in [5.74, 6) is -0.472. The highest BCUT2D eigenvalue weighted by Gasteiger charge is 2.24. The van der Waals surface area contributed by atoms with Crippen LogP contribution in [-0.4, -0.2) is 22.6 Å². The number of carbonyl (C=O) groups excluding carboxylic acids is 1. The molecular weight excluding hydrogens is 308 g/mol. The van der Waals surface area contributed by atoms with E-state index in [1.165, 1.54) is 16.6 Å². The van der Waals surface area contributed by atoms with E-state index >= 15 is 0 Å². The van der Waals surface area contributed by atoms with Gasteiger partial charge in [-0.2, -0.15) is 0 Å². The molecule has 0 radical (unpaired) electrons. The minimum atomic E-state index is -0.727. The second kappa shape index (κ2) is 5.38. The second-order valence-corrected chi connectivity index (χ2v) is 6.71. The Morgan fingerprint density at radius 3 is 2.86 bits per heavy atom. The van der Waals surface area contributed by atoms with Crippen molar-refractivity contribution < 1.29 is 9.53 Å². The lowest BCUT2D eigenvalue weighted by atomic mass is 9.97. The first-order chi connectivity index (χ1) is 10.0. The van der Waals surface area contributed by atoms with Gasteiger partial charge < -0.3 is 9.72 Å². The summed E-state index contributed by atoms with van der Waals surface area (Å²) >= 11 is 6.87. The molecule has 3 rings (SSSR count). The topological polar surface area (TPSA) is 64.1 Å². The predicted octanol–water partition coefficient (Wildman–Crippen LogP) is 2.73. The van der Waals surface area contributed by atoms with Gasteiger partial charge in [0.15, 0.2) is 4.77 Å². The molecule has 0 spiro atoms. The average Bonchev–Trinajstić information content (AvgIpc) is 2.84. The number of nitrogens with zero attached hydrogens (tertiary/aromatic N) is 1. The van der Waals surface area contributed by atoms with Crippen molar-refractivity contribution in [2.45, 2.75) is 38.6 Å². The number of hydrogen-bond acceptors (Lipinski definition) is 5. The standard InChI is InChI=1S/C14H16N2O3S2/c1-7(13(18)19-2)16-12(17)10-8-5-3-4-6-9(8)21-11(10)15-14(16)20/h7H,3-6H2,1-2H3,(H,15,20). The molecule has 1 aliphatic rings. The molecule has 21 heavy (non-hydrogen) atoms. The maximum atomic E-state index is 12.8. The average molecular weight is 324 g/mol. The minimum Gasteiger partial charge on any atom is -0.467 e. The van der Waals surface area contributed by atoms with E-state index in [2.05, 4.69) is 4.98 Å². The van der Waals surface area contributed by atoms with Crippen molar-refractivity contribution in [3.63, 3.8) is 0 Å². The molecule has 2 aromatic rings. The highest BCUT2D eigenvalue weighted by Crippen LogP contribution is 2.33. The molecule has 0 aromatic carbocycles. The highest BCUT2D eigenvalue weighted by molar-refractivity contribution is 7.71. The zero-order valence-corrected chi connectivity index (χ0v) is 13.5. The lowest BCUT2D eigenvalue weighted by molar-refractivity contribution is -0.144. The maximum absolute atomic E-state index is 12.8. The summed E-state index contributed by atoms with van der Waals surface area (Å²) in [6.45, 7) is 1.63. The number of esters is 1. The Morgan fingerprint density at radius 1 is 1.43 bits per heavy atom. The van der Waals surface area contributed by atoms with Crippen molar-refractivity contribution in [1.29, 1.82) is 0 Å². The smallest absolute Gasteiger partial charge is 0.328 e. The third-order valence-corrected chi connectivity index (χ3v) is 5.48. The van der Waals surface area contributed by atoms with Gasteiger partial charge in [-0.15, -0.1) is 11.3 Å². The van der Waals surface area contributed by atoms with E-state index in [-0.39, 0.29) is 10.3 Å². The van der Waals surface area contributed by atoms with Crippen LogP contribution < -0.4 is 5.56 Å². The van der Waals surface area contributed by atoms with Gasteiger partial charge in [-0.3, -0.25) is 9.36 Å². The largest absolute Gasteiger partial charge is 0.467 e. The summed E-state index contributed by atoms with van der Waals surface area (Å²) in [4.78, 5) is 29.8. The zero-order chi connectivity index (χ0) is 15.1. The van der Waals surface area contributed by atoms with Crippen molar-refractivity contribution in [2.75, 3.05) is 7.11 Å². The number of H-pyrrole nitrogens is 1. The Morgan fingerprint density at radius 2 is 2.14 bits per heavy atom. The van der Waals surface area contributed by atoms with Crippen LogP contribution in [0.15, 0.2) is 4.79 Å². The predicted molar refractivity (Wildman–Crippen MR) is 84.6 cm³/mol. The van der Waals surface area contributed by atoms with Crippen molar-refractivity contribution >= 4 is 39.7 Å². The number of rotatable bonds is 2. The first-order valence-corrected chi connectivity index (χ1v) is 8.14. The number of hydrogen-bond donors (Lipinski definition) is 1. The number of ether oxygens (including phenoxy) is 1. The number of aromatic nitrogens is 2. The van der Waals surface area contributed by atoms with Crippen molar-refractivity contribution in [3.8, 4) is 0 Å². The van der Waals surface area contributed by atoms with Crippen LogP contribution in [0.3, 0.4) is 0 Å². The highest BCUT2D eigenvalue weighted by atomic mass is 32.1. The van der Waals surface area contributed by atoms with Gasteiger partial charge in [0, 0.05) is 4.88 Å².